The van der Waals surface area contributed by atoms with Gasteiger partial charge in [0.2, 0.25) is 5.91 Å². The van der Waals surface area contributed by atoms with Crippen molar-refractivity contribution in [1.82, 2.24) is 10.6 Å². The molecule has 2 aromatic rings. The lowest BCUT2D eigenvalue weighted by Crippen LogP contribution is -2.54. The Hall–Kier alpha value is -3.15. The molecule has 4 bridgehead atoms. The summed E-state index contributed by atoms with van der Waals surface area (Å²) in [7, 11) is 0. The third-order valence-electron chi connectivity index (χ3n) is 8.77. The van der Waals surface area contributed by atoms with Gasteiger partial charge >= 0.3 is 5.97 Å². The maximum atomic E-state index is 13.2. The van der Waals surface area contributed by atoms with Crippen molar-refractivity contribution in [3.05, 3.63) is 59.2 Å². The third-order valence-corrected chi connectivity index (χ3v) is 8.77. The van der Waals surface area contributed by atoms with Gasteiger partial charge in [-0.15, -0.1) is 0 Å². The minimum atomic E-state index is -0.981. The van der Waals surface area contributed by atoms with Crippen molar-refractivity contribution in [2.75, 3.05) is 6.54 Å². The van der Waals surface area contributed by atoms with Crippen LogP contribution in [0.4, 0.5) is 0 Å². The van der Waals surface area contributed by atoms with E-state index in [1.165, 1.54) is 49.7 Å². The number of nitrogens with one attached hydrogen (secondary N) is 2. The Balaban J connectivity index is 1.23. The first-order chi connectivity index (χ1) is 17.7. The van der Waals surface area contributed by atoms with Gasteiger partial charge in [-0.25, -0.2) is 0 Å². The van der Waals surface area contributed by atoms with Crippen LogP contribution in [-0.4, -0.2) is 35.5 Å². The second-order valence-electron chi connectivity index (χ2n) is 12.0. The van der Waals surface area contributed by atoms with Gasteiger partial charge in [0.25, 0.3) is 5.91 Å². The Kier molecular flexibility index (Phi) is 7.11. The third kappa shape index (κ3) is 5.89. The average molecular weight is 503 g/mol. The van der Waals surface area contributed by atoms with E-state index in [0.717, 1.165) is 28.9 Å². The molecule has 2 amide bonds. The van der Waals surface area contributed by atoms with Crippen molar-refractivity contribution < 1.29 is 19.5 Å². The summed E-state index contributed by atoms with van der Waals surface area (Å²) in [4.78, 5) is 37.5. The quantitative estimate of drug-likeness (QED) is 0.436. The summed E-state index contributed by atoms with van der Waals surface area (Å²) < 4.78 is 0. The van der Waals surface area contributed by atoms with Gasteiger partial charge in [-0.05, 0) is 105 Å². The van der Waals surface area contributed by atoms with E-state index in [0.29, 0.717) is 12.1 Å². The number of aryl methyl sites for hydroxylation is 2. The summed E-state index contributed by atoms with van der Waals surface area (Å²) in [6, 6.07) is 12.8. The Morgan fingerprint density at radius 2 is 1.46 bits per heavy atom. The SMILES string of the molecule is Cc1cc(C)cc(-c2ccc(C(=O)N[C@@H](CCC(=O)O)C(=O)NCC34CC5CC(CC(C5)C3)C4)cc2)c1. The number of carboxylic acids is 1. The zero-order valence-corrected chi connectivity index (χ0v) is 21.9. The van der Waals surface area contributed by atoms with Crippen molar-refractivity contribution in [2.24, 2.45) is 23.2 Å². The monoisotopic (exact) mass is 502 g/mol. The van der Waals surface area contributed by atoms with Gasteiger partial charge in [-0.1, -0.05) is 41.5 Å². The first-order valence-corrected chi connectivity index (χ1v) is 13.7. The summed E-state index contributed by atoms with van der Waals surface area (Å²) in [5.41, 5.74) is 5.08. The second kappa shape index (κ2) is 10.3. The molecule has 0 unspecified atom stereocenters. The predicted molar refractivity (Wildman–Crippen MR) is 143 cm³/mol. The van der Waals surface area contributed by atoms with E-state index in [2.05, 4.69) is 42.7 Å². The smallest absolute Gasteiger partial charge is 0.303 e. The summed E-state index contributed by atoms with van der Waals surface area (Å²) >= 11 is 0. The molecule has 4 fully saturated rings. The predicted octanol–water partition coefficient (Wildman–Crippen LogP) is 5.27. The number of carbonyl (C=O) groups excluding carboxylic acids is 2. The number of carboxylic acid groups (broad SMARTS) is 1. The van der Waals surface area contributed by atoms with Crippen LogP contribution in [0.15, 0.2) is 42.5 Å². The number of carbonyl (C=O) groups is 3. The van der Waals surface area contributed by atoms with Gasteiger partial charge in [0.05, 0.1) is 0 Å². The molecule has 196 valence electrons. The fourth-order valence-electron chi connectivity index (χ4n) is 7.64. The highest BCUT2D eigenvalue weighted by Crippen LogP contribution is 2.59. The van der Waals surface area contributed by atoms with E-state index in [4.69, 9.17) is 0 Å². The maximum Gasteiger partial charge on any atom is 0.303 e. The average Bonchev–Trinajstić information content (AvgIpc) is 2.83. The summed E-state index contributed by atoms with van der Waals surface area (Å²) in [6.45, 7) is 4.74. The molecule has 2 aromatic carbocycles. The standard InChI is InChI=1S/C31H38N2O4/c1-19-9-20(2)11-26(10-19)24-3-5-25(6-4-24)29(36)33-27(7-8-28(34)35)30(37)32-18-31-15-21-12-22(16-31)14-23(13-21)17-31/h3-6,9-11,21-23,27H,7-8,12-18H2,1-2H3,(H,32,37)(H,33,36)(H,34,35)/t21?,22?,23?,27-,31?/m0/s1. The van der Waals surface area contributed by atoms with Crippen LogP contribution < -0.4 is 10.6 Å². The summed E-state index contributed by atoms with van der Waals surface area (Å²) in [6.07, 6.45) is 7.44. The maximum absolute atomic E-state index is 13.2. The van der Waals surface area contributed by atoms with E-state index < -0.39 is 12.0 Å². The first-order valence-electron chi connectivity index (χ1n) is 13.7. The minimum absolute atomic E-state index is 0.0639. The second-order valence-corrected chi connectivity index (χ2v) is 12.0. The molecule has 6 rings (SSSR count). The fraction of sp³-hybridized carbons (Fsp3) is 0.516. The van der Waals surface area contributed by atoms with Crippen LogP contribution in [0.1, 0.15) is 72.9 Å². The molecule has 0 aliphatic heterocycles. The zero-order valence-electron chi connectivity index (χ0n) is 21.9. The Morgan fingerprint density at radius 1 is 0.892 bits per heavy atom. The molecule has 0 saturated heterocycles. The highest BCUT2D eigenvalue weighted by molar-refractivity contribution is 5.98. The van der Waals surface area contributed by atoms with E-state index in [1.807, 2.05) is 12.1 Å². The molecule has 6 nitrogen and oxygen atoms in total. The molecule has 0 aromatic heterocycles. The van der Waals surface area contributed by atoms with Crippen LogP contribution in [0.25, 0.3) is 11.1 Å². The first kappa shape index (κ1) is 25.5. The number of rotatable bonds is 9. The fourth-order valence-corrected chi connectivity index (χ4v) is 7.64. The zero-order chi connectivity index (χ0) is 26.2. The molecule has 6 heteroatoms. The minimum Gasteiger partial charge on any atom is -0.481 e. The lowest BCUT2D eigenvalue weighted by Gasteiger charge is -2.57. The number of amides is 2. The van der Waals surface area contributed by atoms with E-state index >= 15 is 0 Å². The molecular weight excluding hydrogens is 464 g/mol. The van der Waals surface area contributed by atoms with Gasteiger partial charge in [0, 0.05) is 18.5 Å². The molecule has 0 spiro atoms. The van der Waals surface area contributed by atoms with Crippen molar-refractivity contribution in [2.45, 2.75) is 71.3 Å². The molecule has 0 heterocycles. The van der Waals surface area contributed by atoms with E-state index in [9.17, 15) is 19.5 Å². The van der Waals surface area contributed by atoms with Crippen molar-refractivity contribution in [1.29, 1.82) is 0 Å². The van der Waals surface area contributed by atoms with Crippen LogP contribution in [-0.2, 0) is 9.59 Å². The molecule has 4 aliphatic carbocycles. The van der Waals surface area contributed by atoms with Gasteiger partial charge in [0.15, 0.2) is 0 Å². The van der Waals surface area contributed by atoms with Crippen LogP contribution in [0, 0.1) is 37.0 Å². The van der Waals surface area contributed by atoms with Crippen LogP contribution in [0.3, 0.4) is 0 Å². The molecular formula is C31H38N2O4. The van der Waals surface area contributed by atoms with Gasteiger partial charge in [0.1, 0.15) is 6.04 Å². The molecule has 0 radical (unpaired) electrons. The Bertz CT molecular complexity index is 1130. The largest absolute Gasteiger partial charge is 0.481 e. The molecule has 37 heavy (non-hydrogen) atoms. The summed E-state index contributed by atoms with van der Waals surface area (Å²) in [5.74, 6) is 0.738. The van der Waals surface area contributed by atoms with Crippen LogP contribution in [0.5, 0.6) is 0 Å². The lowest BCUT2D eigenvalue weighted by atomic mass is 9.49. The van der Waals surface area contributed by atoms with E-state index in [1.54, 1.807) is 12.1 Å². The van der Waals surface area contributed by atoms with Crippen LogP contribution in [0.2, 0.25) is 0 Å². The van der Waals surface area contributed by atoms with Gasteiger partial charge in [-0.3, -0.25) is 14.4 Å². The molecule has 4 aliphatic rings. The van der Waals surface area contributed by atoms with Crippen LogP contribution >= 0.6 is 0 Å². The molecule has 1 atom stereocenters. The Morgan fingerprint density at radius 3 is 2.00 bits per heavy atom. The molecule has 4 saturated carbocycles. The lowest BCUT2D eigenvalue weighted by molar-refractivity contribution is -0.137. The van der Waals surface area contributed by atoms with Gasteiger partial charge in [-0.2, -0.15) is 0 Å². The van der Waals surface area contributed by atoms with Crippen molar-refractivity contribution in [3.8, 4) is 11.1 Å². The van der Waals surface area contributed by atoms with E-state index in [-0.39, 0.29) is 30.1 Å². The highest BCUT2D eigenvalue weighted by Gasteiger charge is 2.50. The number of aliphatic carboxylic acids is 1. The number of hydrogen-bond donors (Lipinski definition) is 3. The topological polar surface area (TPSA) is 95.5 Å². The number of hydrogen-bond acceptors (Lipinski definition) is 3. The van der Waals surface area contributed by atoms with Gasteiger partial charge < -0.3 is 15.7 Å². The van der Waals surface area contributed by atoms with Crippen molar-refractivity contribution >= 4 is 17.8 Å². The van der Waals surface area contributed by atoms with Crippen molar-refractivity contribution in [3.63, 3.8) is 0 Å². The normalized spacial score (nSPS) is 26.5. The molecule has 3 N–H and O–H groups in total. The number of benzene rings is 2. The summed E-state index contributed by atoms with van der Waals surface area (Å²) in [5, 5.41) is 15.1. The Labute approximate surface area is 219 Å². The highest BCUT2D eigenvalue weighted by atomic mass is 16.4.